The van der Waals surface area contributed by atoms with Crippen molar-refractivity contribution in [3.63, 3.8) is 0 Å². The summed E-state index contributed by atoms with van der Waals surface area (Å²) in [5, 5.41) is 10.3. The molecule has 0 radical (unpaired) electrons. The molecule has 0 aliphatic heterocycles. The molecule has 0 bridgehead atoms. The molecule has 1 unspecified atom stereocenters. The number of anilines is 1. The van der Waals surface area contributed by atoms with Crippen molar-refractivity contribution >= 4 is 22.7 Å². The Morgan fingerprint density at radius 3 is 2.41 bits per heavy atom. The second-order valence-electron chi connectivity index (χ2n) is 6.76. The molecule has 0 aliphatic carbocycles. The van der Waals surface area contributed by atoms with Gasteiger partial charge < -0.3 is 20.1 Å². The number of carbonyl (C=O) groups excluding carboxylic acids is 1. The molecule has 0 aromatic heterocycles. The van der Waals surface area contributed by atoms with Gasteiger partial charge in [0, 0.05) is 29.4 Å². The van der Waals surface area contributed by atoms with E-state index in [2.05, 4.69) is 0 Å². The standard InChI is InChI=1S/C21H28N2O5S/c1-15-7-9-16(10-8-15)21(25)17-13-18(20(28-2)14-19(17)24)23(29(26)27)12-6-4-3-5-11-22/h7-10,13-14,24H,3-6,11-12,22H2,1-2H3,(H,26,27)/p-1. The third kappa shape index (κ3) is 6.03. The third-order valence-corrected chi connectivity index (χ3v) is 5.36. The van der Waals surface area contributed by atoms with E-state index in [1.54, 1.807) is 24.3 Å². The Kier molecular flexibility index (Phi) is 8.63. The fraction of sp³-hybridized carbons (Fsp3) is 0.381. The van der Waals surface area contributed by atoms with Crippen LogP contribution >= 0.6 is 0 Å². The van der Waals surface area contributed by atoms with E-state index in [0.717, 1.165) is 29.1 Å². The van der Waals surface area contributed by atoms with Gasteiger partial charge in [0.15, 0.2) is 5.78 Å². The lowest BCUT2D eigenvalue weighted by Crippen LogP contribution is -2.27. The molecule has 8 heteroatoms. The molecule has 0 saturated heterocycles. The van der Waals surface area contributed by atoms with Gasteiger partial charge in [-0.05, 0) is 32.4 Å². The number of phenolic OH excluding ortho intramolecular Hbond substituents is 1. The van der Waals surface area contributed by atoms with E-state index in [4.69, 9.17) is 10.5 Å². The highest BCUT2D eigenvalue weighted by Gasteiger charge is 2.21. The van der Waals surface area contributed by atoms with Crippen LogP contribution in [0.3, 0.4) is 0 Å². The van der Waals surface area contributed by atoms with Gasteiger partial charge in [-0.3, -0.25) is 13.3 Å². The maximum atomic E-state index is 12.9. The van der Waals surface area contributed by atoms with Gasteiger partial charge in [0.1, 0.15) is 11.5 Å². The minimum atomic E-state index is -2.56. The predicted octanol–water partition coefficient (Wildman–Crippen LogP) is 3.06. The number of ether oxygens (including phenoxy) is 1. The number of methoxy groups -OCH3 is 1. The molecule has 0 saturated carbocycles. The molecular weight excluding hydrogens is 392 g/mol. The molecular formula is C21H27N2O5S-. The SMILES string of the molecule is COc1cc(O)c(C(=O)c2ccc(C)cc2)cc1N(CCCCCCN)S(=O)[O-]. The summed E-state index contributed by atoms with van der Waals surface area (Å²) >= 11 is -2.56. The van der Waals surface area contributed by atoms with Crippen LogP contribution in [0.1, 0.15) is 47.2 Å². The molecule has 0 fully saturated rings. The summed E-state index contributed by atoms with van der Waals surface area (Å²) in [4.78, 5) is 12.9. The highest BCUT2D eigenvalue weighted by atomic mass is 32.2. The lowest BCUT2D eigenvalue weighted by Gasteiger charge is -2.28. The topological polar surface area (TPSA) is 116 Å². The van der Waals surface area contributed by atoms with E-state index in [-0.39, 0.29) is 29.3 Å². The van der Waals surface area contributed by atoms with E-state index in [9.17, 15) is 18.7 Å². The molecule has 2 rings (SSSR count). The fourth-order valence-electron chi connectivity index (χ4n) is 2.99. The van der Waals surface area contributed by atoms with Gasteiger partial charge >= 0.3 is 0 Å². The normalized spacial score (nSPS) is 11.9. The lowest BCUT2D eigenvalue weighted by atomic mass is 10.0. The Balaban J connectivity index is 2.36. The number of aromatic hydroxyl groups is 1. The fourth-order valence-corrected chi connectivity index (χ4v) is 3.57. The van der Waals surface area contributed by atoms with Crippen LogP contribution in [0.4, 0.5) is 5.69 Å². The van der Waals surface area contributed by atoms with Crippen molar-refractivity contribution in [2.45, 2.75) is 32.6 Å². The molecule has 158 valence electrons. The van der Waals surface area contributed by atoms with Gasteiger partial charge in [0.05, 0.1) is 18.4 Å². The van der Waals surface area contributed by atoms with Crippen molar-refractivity contribution in [1.82, 2.24) is 0 Å². The smallest absolute Gasteiger partial charge is 0.196 e. The summed E-state index contributed by atoms with van der Waals surface area (Å²) in [6.07, 6.45) is 3.28. The number of unbranched alkanes of at least 4 members (excludes halogenated alkanes) is 3. The van der Waals surface area contributed by atoms with Crippen LogP contribution in [0.5, 0.6) is 11.5 Å². The number of hydrogen-bond acceptors (Lipinski definition) is 6. The summed E-state index contributed by atoms with van der Waals surface area (Å²) in [6, 6.07) is 9.57. The van der Waals surface area contributed by atoms with E-state index in [1.165, 1.54) is 19.2 Å². The quantitative estimate of drug-likeness (QED) is 0.328. The van der Waals surface area contributed by atoms with Gasteiger partial charge in [-0.25, -0.2) is 0 Å². The zero-order valence-corrected chi connectivity index (χ0v) is 17.5. The molecule has 1 atom stereocenters. The van der Waals surface area contributed by atoms with E-state index < -0.39 is 17.0 Å². The summed E-state index contributed by atoms with van der Waals surface area (Å²) in [5.41, 5.74) is 7.12. The number of hydrogen-bond donors (Lipinski definition) is 2. The second-order valence-corrected chi connectivity index (χ2v) is 7.63. The largest absolute Gasteiger partial charge is 0.755 e. The first-order chi connectivity index (χ1) is 13.9. The number of benzene rings is 2. The molecule has 29 heavy (non-hydrogen) atoms. The molecule has 0 amide bonds. The molecule has 0 aliphatic rings. The van der Waals surface area contributed by atoms with Crippen molar-refractivity contribution in [2.75, 3.05) is 24.5 Å². The van der Waals surface area contributed by atoms with Crippen molar-refractivity contribution in [2.24, 2.45) is 5.73 Å². The number of nitrogens with two attached hydrogens (primary N) is 1. The number of phenols is 1. The van der Waals surface area contributed by atoms with E-state index in [0.29, 0.717) is 18.5 Å². The zero-order chi connectivity index (χ0) is 21.4. The maximum Gasteiger partial charge on any atom is 0.196 e. The van der Waals surface area contributed by atoms with Crippen LogP contribution < -0.4 is 14.8 Å². The van der Waals surface area contributed by atoms with Crippen molar-refractivity contribution in [3.05, 3.63) is 53.1 Å². The van der Waals surface area contributed by atoms with E-state index >= 15 is 0 Å². The van der Waals surface area contributed by atoms with Crippen LogP contribution in [0.15, 0.2) is 36.4 Å². The number of nitrogens with zero attached hydrogens (tertiary/aromatic N) is 1. The Hall–Kier alpha value is -2.42. The number of aryl methyl sites for hydroxylation is 1. The number of rotatable bonds is 11. The van der Waals surface area contributed by atoms with Crippen LogP contribution in [0.2, 0.25) is 0 Å². The van der Waals surface area contributed by atoms with Crippen molar-refractivity contribution in [1.29, 1.82) is 0 Å². The second kappa shape index (κ2) is 10.9. The van der Waals surface area contributed by atoms with Gasteiger partial charge in [0.2, 0.25) is 0 Å². The van der Waals surface area contributed by atoms with Gasteiger partial charge in [-0.2, -0.15) is 0 Å². The first kappa shape index (κ1) is 22.9. The lowest BCUT2D eigenvalue weighted by molar-refractivity contribution is 0.103. The number of ketones is 1. The van der Waals surface area contributed by atoms with Crippen LogP contribution in [-0.2, 0) is 11.3 Å². The van der Waals surface area contributed by atoms with E-state index in [1.807, 2.05) is 6.92 Å². The minimum Gasteiger partial charge on any atom is -0.755 e. The van der Waals surface area contributed by atoms with Crippen LogP contribution in [0, 0.1) is 6.92 Å². The molecule has 2 aromatic rings. The molecule has 0 heterocycles. The average molecular weight is 420 g/mol. The molecule has 3 N–H and O–H groups in total. The molecule has 7 nitrogen and oxygen atoms in total. The number of carbonyl (C=O) groups is 1. The summed E-state index contributed by atoms with van der Waals surface area (Å²) in [7, 11) is 1.38. The monoisotopic (exact) mass is 419 g/mol. The van der Waals surface area contributed by atoms with Crippen LogP contribution in [0.25, 0.3) is 0 Å². The Morgan fingerprint density at radius 2 is 1.83 bits per heavy atom. The summed E-state index contributed by atoms with van der Waals surface area (Å²) < 4.78 is 30.1. The zero-order valence-electron chi connectivity index (χ0n) is 16.7. The average Bonchev–Trinajstić information content (AvgIpc) is 2.70. The third-order valence-electron chi connectivity index (χ3n) is 4.62. The van der Waals surface area contributed by atoms with Crippen LogP contribution in [-0.4, -0.2) is 39.9 Å². The summed E-state index contributed by atoms with van der Waals surface area (Å²) in [5.74, 6) is -0.490. The van der Waals surface area contributed by atoms with Crippen molar-refractivity contribution in [3.8, 4) is 11.5 Å². The van der Waals surface area contributed by atoms with Gasteiger partial charge in [-0.15, -0.1) is 0 Å². The van der Waals surface area contributed by atoms with Gasteiger partial charge in [0.25, 0.3) is 0 Å². The highest BCUT2D eigenvalue weighted by molar-refractivity contribution is 7.80. The Labute approximate surface area is 173 Å². The Morgan fingerprint density at radius 1 is 1.17 bits per heavy atom. The first-order valence-corrected chi connectivity index (χ1v) is 10.5. The molecule has 2 aromatic carbocycles. The predicted molar refractivity (Wildman–Crippen MR) is 113 cm³/mol. The van der Waals surface area contributed by atoms with Gasteiger partial charge in [-0.1, -0.05) is 42.7 Å². The highest BCUT2D eigenvalue weighted by Crippen LogP contribution is 2.36. The molecule has 0 spiro atoms. The van der Waals surface area contributed by atoms with Crippen molar-refractivity contribution < 1.29 is 23.4 Å². The maximum absolute atomic E-state index is 12.9. The first-order valence-electron chi connectivity index (χ1n) is 9.48. The minimum absolute atomic E-state index is 0.0169. The Bertz CT molecular complexity index is 855. The summed E-state index contributed by atoms with van der Waals surface area (Å²) in [6.45, 7) is 2.75.